The zero-order valence-corrected chi connectivity index (χ0v) is 34.3. The third kappa shape index (κ3) is 9.74. The van der Waals surface area contributed by atoms with Crippen molar-refractivity contribution in [3.05, 3.63) is 51.6 Å². The fourth-order valence-corrected chi connectivity index (χ4v) is 8.71. The molecule has 1 aromatic carbocycles. The highest BCUT2D eigenvalue weighted by Crippen LogP contribution is 2.42. The number of benzene rings is 1. The monoisotopic (exact) mass is 774 g/mol. The van der Waals surface area contributed by atoms with Crippen molar-refractivity contribution in [2.24, 2.45) is 17.8 Å². The largest absolute Gasteiger partial charge is 0.455 e. The van der Waals surface area contributed by atoms with E-state index in [0.717, 1.165) is 5.56 Å². The van der Waals surface area contributed by atoms with Crippen LogP contribution in [-0.4, -0.2) is 120 Å². The molecule has 15 heteroatoms. The van der Waals surface area contributed by atoms with Gasteiger partial charge in [-0.1, -0.05) is 45.9 Å². The molecule has 3 aliphatic rings. The van der Waals surface area contributed by atoms with Crippen molar-refractivity contribution in [3.8, 4) is 0 Å². The van der Waals surface area contributed by atoms with Crippen LogP contribution in [0, 0.1) is 27.9 Å². The molecule has 308 valence electrons. The summed E-state index contributed by atoms with van der Waals surface area (Å²) in [5, 5.41) is 23.8. The van der Waals surface area contributed by atoms with Crippen LogP contribution >= 0.6 is 0 Å². The number of hydrazine groups is 1. The Morgan fingerprint density at radius 2 is 1.76 bits per heavy atom. The molecule has 1 aromatic rings. The summed E-state index contributed by atoms with van der Waals surface area (Å²) in [5.74, 6) is -2.61. The maximum Gasteiger partial charge on any atom is 0.425 e. The minimum absolute atomic E-state index is 0.00716. The first-order chi connectivity index (χ1) is 25.8. The van der Waals surface area contributed by atoms with Gasteiger partial charge in [-0.05, 0) is 79.5 Å². The van der Waals surface area contributed by atoms with Gasteiger partial charge in [0.2, 0.25) is 0 Å². The summed E-state index contributed by atoms with van der Waals surface area (Å²) in [6.45, 7) is 14.8. The molecule has 55 heavy (non-hydrogen) atoms. The van der Waals surface area contributed by atoms with Crippen molar-refractivity contribution in [3.63, 3.8) is 0 Å². The first kappa shape index (κ1) is 44.2. The van der Waals surface area contributed by atoms with Gasteiger partial charge in [0.1, 0.15) is 24.0 Å². The van der Waals surface area contributed by atoms with Gasteiger partial charge in [-0.2, -0.15) is 0 Å². The Kier molecular flexibility index (Phi) is 14.6. The molecule has 0 aliphatic carbocycles. The van der Waals surface area contributed by atoms with Crippen LogP contribution in [0.25, 0.3) is 0 Å². The molecule has 2 saturated heterocycles. The van der Waals surface area contributed by atoms with Crippen molar-refractivity contribution in [2.75, 3.05) is 27.7 Å². The molecule has 2 N–H and O–H groups in total. The number of nitro groups is 1. The minimum atomic E-state index is -1.40. The van der Waals surface area contributed by atoms with E-state index in [4.69, 9.17) is 23.7 Å². The number of aliphatic hydroxyl groups is 1. The van der Waals surface area contributed by atoms with Gasteiger partial charge >= 0.3 is 12.1 Å². The third-order valence-electron chi connectivity index (χ3n) is 11.8. The van der Waals surface area contributed by atoms with Crippen molar-refractivity contribution in [1.82, 2.24) is 15.3 Å². The van der Waals surface area contributed by atoms with Gasteiger partial charge in [0.25, 0.3) is 5.69 Å². The average molecular weight is 775 g/mol. The Hall–Kier alpha value is -3.47. The number of non-ortho nitro benzene ring substituents is 1. The molecular formula is C40H62N4O11. The molecule has 0 bridgehead atoms. The third-order valence-corrected chi connectivity index (χ3v) is 11.8. The van der Waals surface area contributed by atoms with E-state index >= 15 is 0 Å². The second-order valence-electron chi connectivity index (χ2n) is 16.3. The van der Waals surface area contributed by atoms with E-state index in [1.807, 2.05) is 53.6 Å². The zero-order chi connectivity index (χ0) is 41.0. The zero-order valence-electron chi connectivity index (χ0n) is 34.3. The SMILES string of the molecule is CC[C@H]1OC(=O)/C(C)=C/[C@H](C)[C@@H](O[C@@H]2O[C@H](C)C[C@H](N(C)C)[C@H]2O)[C@](C)(OC)C[C@@H](C)C(=O)[C@H](C)[C@H]2N(NCCCc3ccc([N+](=O)[O-])cc3)C(=O)O[C@]12C. The summed E-state index contributed by atoms with van der Waals surface area (Å²) in [6, 6.07) is 5.22. The number of carbonyl (C=O) groups excluding carboxylic acids is 3. The fraction of sp³-hybridized carbons (Fsp3) is 0.725. The molecule has 0 spiro atoms. The lowest BCUT2D eigenvalue weighted by Crippen LogP contribution is -2.60. The molecule has 15 nitrogen and oxygen atoms in total. The van der Waals surface area contributed by atoms with Gasteiger partial charge in [-0.3, -0.25) is 14.9 Å². The number of cyclic esters (lactones) is 1. The van der Waals surface area contributed by atoms with E-state index < -0.39 is 76.6 Å². The number of amides is 1. The standard InChI is InChI=1S/C40H62N4O11/c1-12-31-40(8)34(43(38(48)55-40)41-19-13-14-28-15-17-29(18-16-28)44(49)50)27(6)32(45)25(4)22-39(7,51-11)35(23(2)20-24(3)36(47)53-31)54-37-33(46)30(42(9)10)21-26(5)52-37/h15-18,20,23,25-27,30-31,33-35,37,41,46H,12-14,19,21-22H2,1-11H3/b24-20+/t23-,25+,26+,27-,30-,31+,33+,34+,35+,37-,39+,40+/m0/s1. The number of fused-ring (bicyclic) bond motifs is 1. The topological polar surface area (TPSA) is 179 Å². The smallest absolute Gasteiger partial charge is 0.425 e. The fourth-order valence-electron chi connectivity index (χ4n) is 8.71. The number of aliphatic hydroxyl groups excluding tert-OH is 1. The molecule has 3 heterocycles. The van der Waals surface area contributed by atoms with Gasteiger partial charge in [0, 0.05) is 55.2 Å². The molecule has 0 unspecified atom stereocenters. The summed E-state index contributed by atoms with van der Waals surface area (Å²) in [5.41, 5.74) is 1.89. The number of nitro benzene ring substituents is 1. The maximum atomic E-state index is 14.6. The number of likely N-dealkylation sites (N-methyl/N-ethyl adjacent to an activating group) is 1. The van der Waals surface area contributed by atoms with E-state index in [1.165, 1.54) is 17.1 Å². The number of carbonyl (C=O) groups is 3. The Balaban J connectivity index is 1.67. The Bertz CT molecular complexity index is 1560. The summed E-state index contributed by atoms with van der Waals surface area (Å²) >= 11 is 0. The second-order valence-corrected chi connectivity index (χ2v) is 16.3. The molecule has 4 rings (SSSR count). The van der Waals surface area contributed by atoms with Crippen LogP contribution in [0.1, 0.15) is 86.6 Å². The molecule has 0 saturated carbocycles. The van der Waals surface area contributed by atoms with E-state index in [0.29, 0.717) is 37.8 Å². The lowest BCUT2D eigenvalue weighted by molar-refractivity contribution is -0.384. The van der Waals surface area contributed by atoms with Crippen LogP contribution in [0.15, 0.2) is 35.9 Å². The average Bonchev–Trinajstić information content (AvgIpc) is 3.39. The Morgan fingerprint density at radius 3 is 2.35 bits per heavy atom. The number of hydrogen-bond acceptors (Lipinski definition) is 13. The molecule has 3 aliphatic heterocycles. The van der Waals surface area contributed by atoms with Crippen molar-refractivity contribution < 1.29 is 48.1 Å². The predicted octanol–water partition coefficient (Wildman–Crippen LogP) is 4.98. The van der Waals surface area contributed by atoms with Gasteiger partial charge < -0.3 is 33.7 Å². The van der Waals surface area contributed by atoms with Gasteiger partial charge in [0.05, 0.1) is 22.7 Å². The molecule has 2 fully saturated rings. The second kappa shape index (κ2) is 18.2. The Labute approximate surface area is 325 Å². The van der Waals surface area contributed by atoms with E-state index in [1.54, 1.807) is 46.1 Å². The number of esters is 1. The Morgan fingerprint density at radius 1 is 1.11 bits per heavy atom. The van der Waals surface area contributed by atoms with Crippen molar-refractivity contribution in [1.29, 1.82) is 0 Å². The highest BCUT2D eigenvalue weighted by atomic mass is 16.7. The number of nitrogens with one attached hydrogen (secondary N) is 1. The van der Waals surface area contributed by atoms with Crippen molar-refractivity contribution >= 4 is 23.5 Å². The molecular weight excluding hydrogens is 712 g/mol. The number of Topliss-reactive ketones (excluding diaryl/α,β-unsaturated/α-hetero) is 1. The van der Waals surface area contributed by atoms with Crippen molar-refractivity contribution in [2.45, 2.75) is 141 Å². The normalized spacial score (nSPS) is 37.4. The number of nitrogens with zero attached hydrogens (tertiary/aromatic N) is 3. The molecule has 0 aromatic heterocycles. The lowest BCUT2D eigenvalue weighted by atomic mass is 9.74. The number of methoxy groups -OCH3 is 1. The summed E-state index contributed by atoms with van der Waals surface area (Å²) in [7, 11) is 5.35. The van der Waals surface area contributed by atoms with E-state index in [-0.39, 0.29) is 30.0 Å². The first-order valence-electron chi connectivity index (χ1n) is 19.4. The highest BCUT2D eigenvalue weighted by Gasteiger charge is 2.60. The summed E-state index contributed by atoms with van der Waals surface area (Å²) < 4.78 is 31.3. The predicted molar refractivity (Wildman–Crippen MR) is 204 cm³/mol. The molecule has 0 radical (unpaired) electrons. The van der Waals surface area contributed by atoms with Crippen LogP contribution in [-0.2, 0) is 39.7 Å². The number of hydrogen-bond donors (Lipinski definition) is 2. The van der Waals surface area contributed by atoms with Gasteiger partial charge in [0.15, 0.2) is 11.9 Å². The molecule has 12 atom stereocenters. The maximum absolute atomic E-state index is 14.6. The lowest BCUT2D eigenvalue weighted by Gasteiger charge is -2.46. The number of rotatable bonds is 11. The van der Waals surface area contributed by atoms with Crippen LogP contribution in [0.2, 0.25) is 0 Å². The molecule has 1 amide bonds. The van der Waals surface area contributed by atoms with Crippen LogP contribution < -0.4 is 5.43 Å². The van der Waals surface area contributed by atoms with Gasteiger partial charge in [-0.15, -0.1) is 0 Å². The van der Waals surface area contributed by atoms with E-state index in [2.05, 4.69) is 5.43 Å². The van der Waals surface area contributed by atoms with E-state index in [9.17, 15) is 29.6 Å². The highest BCUT2D eigenvalue weighted by molar-refractivity contribution is 5.88. The quantitative estimate of drug-likeness (QED) is 0.133. The minimum Gasteiger partial charge on any atom is -0.455 e. The summed E-state index contributed by atoms with van der Waals surface area (Å²) in [4.78, 5) is 54.7. The number of ether oxygens (including phenoxy) is 5. The number of ketones is 1. The van der Waals surface area contributed by atoms with Crippen LogP contribution in [0.5, 0.6) is 0 Å². The number of aryl methyl sites for hydroxylation is 1. The van der Waals surface area contributed by atoms with Crippen LogP contribution in [0.3, 0.4) is 0 Å². The first-order valence-corrected chi connectivity index (χ1v) is 19.4. The van der Waals surface area contributed by atoms with Gasteiger partial charge in [-0.25, -0.2) is 20.0 Å². The van der Waals surface area contributed by atoms with Crippen LogP contribution in [0.4, 0.5) is 10.5 Å². The summed E-state index contributed by atoms with van der Waals surface area (Å²) in [6.07, 6.45) is -0.531.